The molecule has 0 bridgehead atoms. The second-order valence-corrected chi connectivity index (χ2v) is 12.0. The molecule has 0 fully saturated rings. The Kier molecular flexibility index (Phi) is 13.5. The lowest BCUT2D eigenvalue weighted by atomic mass is 9.67. The fourth-order valence-electron chi connectivity index (χ4n) is 6.14. The van der Waals surface area contributed by atoms with Crippen LogP contribution >= 0.6 is 0 Å². The second-order valence-electron chi connectivity index (χ2n) is 12.0. The van der Waals surface area contributed by atoms with Crippen LogP contribution in [0.25, 0.3) is 12.2 Å². The van der Waals surface area contributed by atoms with Crippen molar-refractivity contribution in [2.75, 3.05) is 14.2 Å². The van der Waals surface area contributed by atoms with E-state index >= 15 is 0 Å². The Balaban J connectivity index is 1.91. The maximum atomic E-state index is 13.6. The van der Waals surface area contributed by atoms with Gasteiger partial charge in [-0.05, 0) is 59.4 Å². The monoisotopic (exact) mass is 678 g/mol. The quantitative estimate of drug-likeness (QED) is 0.102. The third kappa shape index (κ3) is 9.08. The number of hydrogen-bond acceptors (Lipinski definition) is 6. The molecular weight excluding hydrogens is 632 g/mol. The summed E-state index contributed by atoms with van der Waals surface area (Å²) >= 11 is 0. The van der Waals surface area contributed by atoms with Gasteiger partial charge in [0, 0.05) is 11.8 Å². The zero-order valence-electron chi connectivity index (χ0n) is 29.0. The highest BCUT2D eigenvalue weighted by atomic mass is 16.5. The molecule has 50 heavy (non-hydrogen) atoms. The van der Waals surface area contributed by atoms with E-state index in [2.05, 4.69) is 0 Å². The summed E-state index contributed by atoms with van der Waals surface area (Å²) in [5, 5.41) is 22.2. The molecule has 4 rings (SSSR count). The summed E-state index contributed by atoms with van der Waals surface area (Å²) in [6.07, 6.45) is 7.26. The molecule has 4 aromatic rings. The minimum absolute atomic E-state index is 0.0339. The van der Waals surface area contributed by atoms with Crippen molar-refractivity contribution >= 4 is 24.1 Å². The summed E-state index contributed by atoms with van der Waals surface area (Å²) in [5.41, 5.74) is -0.603. The highest BCUT2D eigenvalue weighted by molar-refractivity contribution is 5.82. The molecule has 0 saturated carbocycles. The van der Waals surface area contributed by atoms with Gasteiger partial charge in [-0.2, -0.15) is 0 Å². The molecule has 0 aliphatic rings. The van der Waals surface area contributed by atoms with Crippen molar-refractivity contribution in [1.29, 1.82) is 0 Å². The topological polar surface area (TPSA) is 112 Å². The number of benzene rings is 4. The average Bonchev–Trinajstić information content (AvgIpc) is 3.15. The van der Waals surface area contributed by atoms with Crippen LogP contribution in [-0.4, -0.2) is 47.6 Å². The van der Waals surface area contributed by atoms with E-state index in [1.165, 1.54) is 0 Å². The van der Waals surface area contributed by atoms with Crippen LogP contribution in [0.15, 0.2) is 121 Å². The van der Waals surface area contributed by atoms with Crippen molar-refractivity contribution in [3.05, 3.63) is 144 Å². The summed E-state index contributed by atoms with van der Waals surface area (Å²) in [6, 6.07) is 33.3. The van der Waals surface area contributed by atoms with Gasteiger partial charge in [0.1, 0.15) is 11.5 Å². The van der Waals surface area contributed by atoms with Crippen LogP contribution in [-0.2, 0) is 32.3 Å². The van der Waals surface area contributed by atoms with Crippen LogP contribution < -0.4 is 9.47 Å². The van der Waals surface area contributed by atoms with E-state index in [0.29, 0.717) is 11.5 Å². The van der Waals surface area contributed by atoms with Gasteiger partial charge in [-0.25, -0.2) is 9.59 Å². The number of methoxy groups -OCH3 is 2. The molecule has 0 radical (unpaired) electrons. The highest BCUT2D eigenvalue weighted by Gasteiger charge is 2.56. The SMILES string of the molecule is CC[C@](OCc1ccc(OC)cc1)(C(=O)O)[C@@H](/C=C/c1ccccc1)[C@H](/C=C/c1ccccc1)[C@@](CC)(OCc1ccc(OC)cc1)C(=O)O. The summed E-state index contributed by atoms with van der Waals surface area (Å²) in [6.45, 7) is 3.42. The van der Waals surface area contributed by atoms with Crippen molar-refractivity contribution in [3.63, 3.8) is 0 Å². The van der Waals surface area contributed by atoms with Crippen LogP contribution in [0.4, 0.5) is 0 Å². The molecule has 8 heteroatoms. The second kappa shape index (κ2) is 18.0. The van der Waals surface area contributed by atoms with E-state index in [0.717, 1.165) is 22.3 Å². The highest BCUT2D eigenvalue weighted by Crippen LogP contribution is 2.44. The Labute approximate surface area is 294 Å². The maximum absolute atomic E-state index is 13.6. The number of aliphatic carboxylic acids is 2. The number of carboxylic acid groups (broad SMARTS) is 2. The molecule has 0 aliphatic carbocycles. The van der Waals surface area contributed by atoms with Gasteiger partial charge in [0.2, 0.25) is 0 Å². The van der Waals surface area contributed by atoms with E-state index in [9.17, 15) is 19.8 Å². The zero-order valence-corrected chi connectivity index (χ0v) is 29.0. The fraction of sp³-hybridized carbons (Fsp3) is 0.286. The molecule has 8 nitrogen and oxygen atoms in total. The first-order valence-electron chi connectivity index (χ1n) is 16.7. The van der Waals surface area contributed by atoms with Gasteiger partial charge >= 0.3 is 11.9 Å². The first kappa shape index (κ1) is 37.6. The number of ether oxygens (including phenoxy) is 4. The summed E-state index contributed by atoms with van der Waals surface area (Å²) in [5.74, 6) is -3.14. The van der Waals surface area contributed by atoms with Crippen LogP contribution in [0.5, 0.6) is 11.5 Å². The Morgan fingerprint density at radius 2 is 0.920 bits per heavy atom. The molecule has 4 atom stereocenters. The Morgan fingerprint density at radius 3 is 1.20 bits per heavy atom. The smallest absolute Gasteiger partial charge is 0.336 e. The van der Waals surface area contributed by atoms with Gasteiger partial charge in [0.05, 0.1) is 27.4 Å². The zero-order chi connectivity index (χ0) is 36.0. The fourth-order valence-corrected chi connectivity index (χ4v) is 6.14. The lowest BCUT2D eigenvalue weighted by molar-refractivity contribution is -0.196. The van der Waals surface area contributed by atoms with Gasteiger partial charge in [-0.3, -0.25) is 0 Å². The molecule has 0 spiro atoms. The Hall–Kier alpha value is -5.18. The van der Waals surface area contributed by atoms with E-state index in [-0.39, 0.29) is 26.1 Å². The van der Waals surface area contributed by atoms with E-state index in [1.807, 2.05) is 97.1 Å². The third-order valence-corrected chi connectivity index (χ3v) is 9.14. The molecule has 4 aromatic carbocycles. The Bertz CT molecular complexity index is 1570. The predicted molar refractivity (Wildman–Crippen MR) is 195 cm³/mol. The minimum atomic E-state index is -1.86. The van der Waals surface area contributed by atoms with Gasteiger partial charge < -0.3 is 29.2 Å². The van der Waals surface area contributed by atoms with E-state index in [4.69, 9.17) is 18.9 Å². The Morgan fingerprint density at radius 1 is 0.580 bits per heavy atom. The van der Waals surface area contributed by atoms with Crippen LogP contribution in [0, 0.1) is 11.8 Å². The molecule has 262 valence electrons. The lowest BCUT2D eigenvalue weighted by Crippen LogP contribution is -2.57. The average molecular weight is 679 g/mol. The van der Waals surface area contributed by atoms with Crippen molar-refractivity contribution < 1.29 is 38.7 Å². The predicted octanol–water partition coefficient (Wildman–Crippen LogP) is 8.56. The van der Waals surface area contributed by atoms with Crippen molar-refractivity contribution in [2.24, 2.45) is 11.8 Å². The molecule has 0 saturated heterocycles. The molecule has 0 aliphatic heterocycles. The van der Waals surface area contributed by atoms with E-state index in [1.54, 1.807) is 64.5 Å². The molecule has 0 heterocycles. The lowest BCUT2D eigenvalue weighted by Gasteiger charge is -2.45. The van der Waals surface area contributed by atoms with Gasteiger partial charge in [-0.15, -0.1) is 0 Å². The van der Waals surface area contributed by atoms with Gasteiger partial charge in [-0.1, -0.05) is 123 Å². The standard InChI is InChI=1S/C42H46O8/c1-5-41(39(43)44,49-29-33-17-23-35(47-3)24-18-33)37(27-21-31-13-9-7-10-14-31)38(28-22-32-15-11-8-12-16-32)42(6-2,40(45)46)50-30-34-19-25-36(48-4)26-20-34/h7-28,37-38H,5-6,29-30H2,1-4H3,(H,43,44)(H,45,46)/b27-21+,28-22+/t37-,38-,41+,42+/m0/s1. The van der Waals surface area contributed by atoms with Crippen molar-refractivity contribution in [2.45, 2.75) is 51.1 Å². The van der Waals surface area contributed by atoms with E-state index < -0.39 is 35.0 Å². The molecule has 2 N–H and O–H groups in total. The van der Waals surface area contributed by atoms with Crippen LogP contribution in [0.2, 0.25) is 0 Å². The maximum Gasteiger partial charge on any atom is 0.336 e. The van der Waals surface area contributed by atoms with Gasteiger partial charge in [0.25, 0.3) is 0 Å². The molecule has 0 amide bonds. The first-order chi connectivity index (χ1) is 24.2. The third-order valence-electron chi connectivity index (χ3n) is 9.14. The summed E-state index contributed by atoms with van der Waals surface area (Å²) in [7, 11) is 3.15. The largest absolute Gasteiger partial charge is 0.497 e. The van der Waals surface area contributed by atoms with Crippen molar-refractivity contribution in [3.8, 4) is 11.5 Å². The molecule has 0 unspecified atom stereocenters. The summed E-state index contributed by atoms with van der Waals surface area (Å²) < 4.78 is 23.6. The van der Waals surface area contributed by atoms with Crippen molar-refractivity contribution in [1.82, 2.24) is 0 Å². The van der Waals surface area contributed by atoms with Crippen LogP contribution in [0.3, 0.4) is 0 Å². The first-order valence-corrected chi connectivity index (χ1v) is 16.7. The number of carbonyl (C=O) groups is 2. The normalized spacial score (nSPS) is 15.2. The number of rotatable bonds is 19. The summed E-state index contributed by atoms with van der Waals surface area (Å²) in [4.78, 5) is 27.3. The minimum Gasteiger partial charge on any atom is -0.497 e. The number of hydrogen-bond donors (Lipinski definition) is 2. The molecular formula is C42H46O8. The van der Waals surface area contributed by atoms with Gasteiger partial charge in [0.15, 0.2) is 11.2 Å². The number of carboxylic acids is 2. The van der Waals surface area contributed by atoms with Crippen LogP contribution in [0.1, 0.15) is 48.9 Å². The molecule has 0 aromatic heterocycles.